The van der Waals surface area contributed by atoms with Crippen LogP contribution >= 0.6 is 0 Å². The Morgan fingerprint density at radius 1 is 1.06 bits per heavy atom. The van der Waals surface area contributed by atoms with Gasteiger partial charge in [-0.3, -0.25) is 0 Å². The van der Waals surface area contributed by atoms with Crippen molar-refractivity contribution in [1.82, 2.24) is 0 Å². The summed E-state index contributed by atoms with van der Waals surface area (Å²) < 4.78 is 13.8. The minimum atomic E-state index is -0.794. The highest BCUT2D eigenvalue weighted by Gasteiger charge is 2.14. The third-order valence-corrected chi connectivity index (χ3v) is 2.85. The van der Waals surface area contributed by atoms with Crippen LogP contribution in [0.25, 0.3) is 0 Å². The number of aryl methyl sites for hydroxylation is 1. The van der Waals surface area contributed by atoms with E-state index in [1.165, 1.54) is 0 Å². The van der Waals surface area contributed by atoms with Gasteiger partial charge in [0, 0.05) is 12.0 Å². The molecule has 2 rings (SSSR count). The van der Waals surface area contributed by atoms with Gasteiger partial charge in [0.25, 0.3) is 0 Å². The van der Waals surface area contributed by atoms with Crippen LogP contribution in [0.5, 0.6) is 0 Å². The first-order valence-corrected chi connectivity index (χ1v) is 5.65. The fraction of sp³-hybridized carbons (Fsp3) is 0.200. The minimum absolute atomic E-state index is 0.309. The second kappa shape index (κ2) is 5.11. The molecule has 1 unspecified atom stereocenters. The molecule has 1 atom stereocenters. The minimum Gasteiger partial charge on any atom is -0.388 e. The SMILES string of the molecule is Cc1cccc(C(O)Cc2ccccc2)c1F. The molecule has 0 amide bonds. The zero-order valence-electron chi connectivity index (χ0n) is 9.73. The highest BCUT2D eigenvalue weighted by molar-refractivity contribution is 5.28. The van der Waals surface area contributed by atoms with Crippen LogP contribution in [0.1, 0.15) is 22.8 Å². The van der Waals surface area contributed by atoms with Crippen molar-refractivity contribution in [2.45, 2.75) is 19.4 Å². The van der Waals surface area contributed by atoms with Gasteiger partial charge in [0.1, 0.15) is 5.82 Å². The molecule has 2 aromatic rings. The van der Waals surface area contributed by atoms with Crippen LogP contribution in [-0.4, -0.2) is 5.11 Å². The number of aliphatic hydroxyl groups excluding tert-OH is 1. The number of benzene rings is 2. The molecule has 1 N–H and O–H groups in total. The van der Waals surface area contributed by atoms with Crippen LogP contribution in [0.3, 0.4) is 0 Å². The summed E-state index contributed by atoms with van der Waals surface area (Å²) in [6.07, 6.45) is -0.362. The van der Waals surface area contributed by atoms with Crippen molar-refractivity contribution >= 4 is 0 Å². The number of aliphatic hydroxyl groups is 1. The lowest BCUT2D eigenvalue weighted by Gasteiger charge is -2.13. The zero-order valence-corrected chi connectivity index (χ0v) is 9.73. The monoisotopic (exact) mass is 230 g/mol. The van der Waals surface area contributed by atoms with Gasteiger partial charge in [0.15, 0.2) is 0 Å². The average molecular weight is 230 g/mol. The maximum Gasteiger partial charge on any atom is 0.131 e. The Hall–Kier alpha value is -1.67. The molecule has 0 spiro atoms. The smallest absolute Gasteiger partial charge is 0.131 e. The van der Waals surface area contributed by atoms with Crippen molar-refractivity contribution in [3.8, 4) is 0 Å². The van der Waals surface area contributed by atoms with Gasteiger partial charge < -0.3 is 5.11 Å². The van der Waals surface area contributed by atoms with Crippen LogP contribution in [0.15, 0.2) is 48.5 Å². The van der Waals surface area contributed by atoms with Crippen molar-refractivity contribution in [2.24, 2.45) is 0 Å². The van der Waals surface area contributed by atoms with E-state index >= 15 is 0 Å². The van der Waals surface area contributed by atoms with Gasteiger partial charge in [-0.1, -0.05) is 48.5 Å². The van der Waals surface area contributed by atoms with Crippen LogP contribution < -0.4 is 0 Å². The molecule has 0 saturated carbocycles. The molecule has 0 bridgehead atoms. The number of hydrogen-bond donors (Lipinski definition) is 1. The normalized spacial score (nSPS) is 12.4. The molecule has 0 aliphatic heterocycles. The standard InChI is InChI=1S/C15H15FO/c1-11-6-5-9-13(15(11)16)14(17)10-12-7-3-2-4-8-12/h2-9,14,17H,10H2,1H3. The Balaban J connectivity index is 2.20. The Morgan fingerprint density at radius 2 is 1.76 bits per heavy atom. The fourth-order valence-corrected chi connectivity index (χ4v) is 1.87. The third kappa shape index (κ3) is 2.71. The predicted molar refractivity (Wildman–Crippen MR) is 66.2 cm³/mol. The summed E-state index contributed by atoms with van der Waals surface area (Å²) >= 11 is 0. The first kappa shape index (κ1) is 11.8. The van der Waals surface area contributed by atoms with Gasteiger partial charge >= 0.3 is 0 Å². The number of rotatable bonds is 3. The molecular weight excluding hydrogens is 215 g/mol. The molecule has 17 heavy (non-hydrogen) atoms. The average Bonchev–Trinajstić information content (AvgIpc) is 2.34. The van der Waals surface area contributed by atoms with E-state index in [2.05, 4.69) is 0 Å². The van der Waals surface area contributed by atoms with Crippen molar-refractivity contribution in [1.29, 1.82) is 0 Å². The summed E-state index contributed by atoms with van der Waals surface area (Å²) in [5, 5.41) is 10.0. The topological polar surface area (TPSA) is 20.2 Å². The van der Waals surface area contributed by atoms with Gasteiger partial charge in [0.2, 0.25) is 0 Å². The maximum absolute atomic E-state index is 13.8. The molecule has 88 valence electrons. The highest BCUT2D eigenvalue weighted by Crippen LogP contribution is 2.22. The summed E-state index contributed by atoms with van der Waals surface area (Å²) in [6, 6.07) is 14.7. The van der Waals surface area contributed by atoms with Crippen LogP contribution in [0.4, 0.5) is 4.39 Å². The lowest BCUT2D eigenvalue weighted by atomic mass is 9.99. The molecule has 0 fully saturated rings. The lowest BCUT2D eigenvalue weighted by Crippen LogP contribution is -2.05. The van der Waals surface area contributed by atoms with Crippen molar-refractivity contribution in [3.05, 3.63) is 71.0 Å². The van der Waals surface area contributed by atoms with Crippen LogP contribution in [0.2, 0.25) is 0 Å². The van der Waals surface area contributed by atoms with E-state index in [4.69, 9.17) is 0 Å². The molecular formula is C15H15FO. The molecule has 0 aromatic heterocycles. The van der Waals surface area contributed by atoms with Crippen molar-refractivity contribution in [3.63, 3.8) is 0 Å². The van der Waals surface area contributed by atoms with Crippen molar-refractivity contribution in [2.75, 3.05) is 0 Å². The first-order valence-electron chi connectivity index (χ1n) is 5.65. The summed E-state index contributed by atoms with van der Waals surface area (Å²) in [7, 11) is 0. The Labute approximate surface area is 101 Å². The van der Waals surface area contributed by atoms with E-state index in [0.717, 1.165) is 5.56 Å². The Kier molecular flexibility index (Phi) is 3.55. The third-order valence-electron chi connectivity index (χ3n) is 2.85. The molecule has 0 aliphatic rings. The van der Waals surface area contributed by atoms with Crippen molar-refractivity contribution < 1.29 is 9.50 Å². The largest absolute Gasteiger partial charge is 0.388 e. The van der Waals surface area contributed by atoms with Crippen LogP contribution in [-0.2, 0) is 6.42 Å². The molecule has 2 heteroatoms. The second-order valence-corrected chi connectivity index (χ2v) is 4.18. The first-order chi connectivity index (χ1) is 8.18. The summed E-state index contributed by atoms with van der Waals surface area (Å²) in [5.74, 6) is -0.309. The maximum atomic E-state index is 13.8. The summed E-state index contributed by atoms with van der Waals surface area (Å²) in [6.45, 7) is 1.70. The van der Waals surface area contributed by atoms with Gasteiger partial charge in [-0.05, 0) is 18.1 Å². The van der Waals surface area contributed by atoms with E-state index in [0.29, 0.717) is 17.5 Å². The van der Waals surface area contributed by atoms with Gasteiger partial charge in [0.05, 0.1) is 6.10 Å². The van der Waals surface area contributed by atoms with Gasteiger partial charge in [-0.2, -0.15) is 0 Å². The highest BCUT2D eigenvalue weighted by atomic mass is 19.1. The summed E-state index contributed by atoms with van der Waals surface area (Å²) in [4.78, 5) is 0. The summed E-state index contributed by atoms with van der Waals surface area (Å²) in [5.41, 5.74) is 1.93. The molecule has 0 saturated heterocycles. The van der Waals surface area contributed by atoms with Crippen LogP contribution in [0, 0.1) is 12.7 Å². The van der Waals surface area contributed by atoms with E-state index in [-0.39, 0.29) is 5.82 Å². The lowest BCUT2D eigenvalue weighted by molar-refractivity contribution is 0.173. The Morgan fingerprint density at radius 3 is 2.47 bits per heavy atom. The zero-order chi connectivity index (χ0) is 12.3. The van der Waals surface area contributed by atoms with Gasteiger partial charge in [-0.15, -0.1) is 0 Å². The number of halogens is 1. The van der Waals surface area contributed by atoms with E-state index in [1.54, 1.807) is 25.1 Å². The quantitative estimate of drug-likeness (QED) is 0.856. The van der Waals surface area contributed by atoms with E-state index in [1.807, 2.05) is 30.3 Å². The number of hydrogen-bond acceptors (Lipinski definition) is 1. The second-order valence-electron chi connectivity index (χ2n) is 4.18. The molecule has 0 aliphatic carbocycles. The van der Waals surface area contributed by atoms with Gasteiger partial charge in [-0.25, -0.2) is 4.39 Å². The van der Waals surface area contributed by atoms with E-state index < -0.39 is 6.10 Å². The molecule has 2 aromatic carbocycles. The fourth-order valence-electron chi connectivity index (χ4n) is 1.87. The molecule has 1 nitrogen and oxygen atoms in total. The predicted octanol–water partition coefficient (Wildman–Crippen LogP) is 3.41. The van der Waals surface area contributed by atoms with E-state index in [9.17, 15) is 9.50 Å². The molecule has 0 radical (unpaired) electrons. The Bertz CT molecular complexity index is 494. The molecule has 0 heterocycles.